The van der Waals surface area contributed by atoms with Crippen molar-refractivity contribution >= 4 is 5.91 Å². The summed E-state index contributed by atoms with van der Waals surface area (Å²) in [6.07, 6.45) is 2.75. The van der Waals surface area contributed by atoms with Crippen LogP contribution in [0.4, 0.5) is 0 Å². The van der Waals surface area contributed by atoms with Crippen molar-refractivity contribution in [1.29, 1.82) is 0 Å². The molecule has 3 atom stereocenters. The second-order valence-corrected chi connectivity index (χ2v) is 5.56. The Hall–Kier alpha value is -1.59. The fourth-order valence-electron chi connectivity index (χ4n) is 2.59. The molecule has 110 valence electrons. The van der Waals surface area contributed by atoms with Crippen LogP contribution in [0, 0.1) is 5.92 Å². The third-order valence-electron chi connectivity index (χ3n) is 3.81. The predicted molar refractivity (Wildman–Crippen MR) is 76.1 cm³/mol. The van der Waals surface area contributed by atoms with Gasteiger partial charge in [0.05, 0.1) is 12.1 Å². The van der Waals surface area contributed by atoms with Crippen molar-refractivity contribution in [3.05, 3.63) is 29.8 Å². The summed E-state index contributed by atoms with van der Waals surface area (Å²) in [5.41, 5.74) is 6.79. The molecule has 1 aliphatic rings. The zero-order valence-electron chi connectivity index (χ0n) is 11.5. The summed E-state index contributed by atoms with van der Waals surface area (Å²) in [6.45, 7) is 0.583. The van der Waals surface area contributed by atoms with E-state index in [1.807, 2.05) is 0 Å². The third kappa shape index (κ3) is 4.21. The molecular formula is C15H22N2O3. The lowest BCUT2D eigenvalue weighted by Gasteiger charge is -2.15. The molecule has 0 aliphatic heterocycles. The van der Waals surface area contributed by atoms with Crippen LogP contribution < -0.4 is 11.1 Å². The fourth-order valence-corrected chi connectivity index (χ4v) is 2.59. The monoisotopic (exact) mass is 278 g/mol. The lowest BCUT2D eigenvalue weighted by molar-refractivity contribution is -0.122. The van der Waals surface area contributed by atoms with E-state index in [0.29, 0.717) is 18.9 Å². The Morgan fingerprint density at radius 1 is 1.35 bits per heavy atom. The smallest absolute Gasteiger partial charge is 0.237 e. The van der Waals surface area contributed by atoms with Crippen molar-refractivity contribution in [2.45, 2.75) is 37.8 Å². The van der Waals surface area contributed by atoms with Crippen LogP contribution in [0.1, 0.15) is 24.8 Å². The minimum atomic E-state index is -0.592. The summed E-state index contributed by atoms with van der Waals surface area (Å²) < 4.78 is 0. The number of carbonyl (C=O) groups is 1. The summed E-state index contributed by atoms with van der Waals surface area (Å²) in [5.74, 6) is 0.390. The second-order valence-electron chi connectivity index (χ2n) is 5.56. The van der Waals surface area contributed by atoms with Gasteiger partial charge in [0.25, 0.3) is 0 Å². The molecule has 0 aromatic heterocycles. The van der Waals surface area contributed by atoms with Crippen LogP contribution in [0.3, 0.4) is 0 Å². The number of phenolic OH excluding ortho intramolecular Hbond substituents is 1. The van der Waals surface area contributed by atoms with E-state index in [1.54, 1.807) is 24.3 Å². The summed E-state index contributed by atoms with van der Waals surface area (Å²) in [6, 6.07) is 6.09. The van der Waals surface area contributed by atoms with Gasteiger partial charge in [0.2, 0.25) is 5.91 Å². The molecule has 1 aromatic rings. The Bertz CT molecular complexity index is 447. The largest absolute Gasteiger partial charge is 0.508 e. The van der Waals surface area contributed by atoms with E-state index in [4.69, 9.17) is 5.73 Å². The Morgan fingerprint density at radius 2 is 2.05 bits per heavy atom. The first-order valence-electron chi connectivity index (χ1n) is 7.04. The van der Waals surface area contributed by atoms with E-state index in [9.17, 15) is 15.0 Å². The lowest BCUT2D eigenvalue weighted by Crippen LogP contribution is -2.43. The molecule has 5 heteroatoms. The van der Waals surface area contributed by atoms with Crippen LogP contribution in [-0.2, 0) is 11.2 Å². The molecular weight excluding hydrogens is 256 g/mol. The van der Waals surface area contributed by atoms with Crippen molar-refractivity contribution in [2.24, 2.45) is 11.7 Å². The first-order chi connectivity index (χ1) is 9.54. The van der Waals surface area contributed by atoms with E-state index in [1.165, 1.54) is 0 Å². The minimum Gasteiger partial charge on any atom is -0.508 e. The van der Waals surface area contributed by atoms with Crippen LogP contribution in [0.2, 0.25) is 0 Å². The number of amides is 1. The Labute approximate surface area is 118 Å². The van der Waals surface area contributed by atoms with Crippen molar-refractivity contribution in [1.82, 2.24) is 5.32 Å². The van der Waals surface area contributed by atoms with Gasteiger partial charge in [-0.15, -0.1) is 0 Å². The number of carbonyl (C=O) groups excluding carboxylic acids is 1. The molecule has 1 fully saturated rings. The molecule has 20 heavy (non-hydrogen) atoms. The number of aliphatic hydroxyl groups is 1. The Morgan fingerprint density at radius 3 is 2.65 bits per heavy atom. The summed E-state index contributed by atoms with van der Waals surface area (Å²) >= 11 is 0. The third-order valence-corrected chi connectivity index (χ3v) is 3.81. The standard InChI is InChI=1S/C15H22N2O3/c16-14(8-10-1-4-12(18)5-2-10)15(20)17-9-11-3-6-13(19)7-11/h1-2,4-5,11,13-14,18-19H,3,6-9,16H2,(H,17,20)/t11?,13?,14-/m1/s1. The first kappa shape index (κ1) is 14.8. The van der Waals surface area contributed by atoms with E-state index in [0.717, 1.165) is 24.8 Å². The summed E-state index contributed by atoms with van der Waals surface area (Å²) in [7, 11) is 0. The maximum absolute atomic E-state index is 11.9. The van der Waals surface area contributed by atoms with Crippen LogP contribution in [0.5, 0.6) is 5.75 Å². The minimum absolute atomic E-state index is 0.167. The topological polar surface area (TPSA) is 95.6 Å². The van der Waals surface area contributed by atoms with E-state index in [-0.39, 0.29) is 17.8 Å². The van der Waals surface area contributed by atoms with E-state index in [2.05, 4.69) is 5.32 Å². The first-order valence-corrected chi connectivity index (χ1v) is 7.04. The molecule has 1 saturated carbocycles. The molecule has 5 nitrogen and oxygen atoms in total. The highest BCUT2D eigenvalue weighted by atomic mass is 16.3. The summed E-state index contributed by atoms with van der Waals surface area (Å²) in [5, 5.41) is 21.5. The fraction of sp³-hybridized carbons (Fsp3) is 0.533. The maximum atomic E-state index is 11.9. The molecule has 1 aromatic carbocycles. The number of phenols is 1. The number of aliphatic hydroxyl groups excluding tert-OH is 1. The van der Waals surface area contributed by atoms with Gasteiger partial charge in [0, 0.05) is 6.54 Å². The van der Waals surface area contributed by atoms with E-state index >= 15 is 0 Å². The van der Waals surface area contributed by atoms with Crippen LogP contribution in [0.25, 0.3) is 0 Å². The van der Waals surface area contributed by atoms with Gasteiger partial charge >= 0.3 is 0 Å². The molecule has 1 amide bonds. The number of benzene rings is 1. The molecule has 0 saturated heterocycles. The van der Waals surface area contributed by atoms with Gasteiger partial charge in [-0.25, -0.2) is 0 Å². The van der Waals surface area contributed by atoms with Gasteiger partial charge in [-0.05, 0) is 49.3 Å². The number of aromatic hydroxyl groups is 1. The Balaban J connectivity index is 1.75. The number of nitrogens with one attached hydrogen (secondary N) is 1. The zero-order chi connectivity index (χ0) is 14.5. The normalized spacial score (nSPS) is 23.5. The molecule has 2 rings (SSSR count). The van der Waals surface area contributed by atoms with Gasteiger partial charge in [0.15, 0.2) is 0 Å². The quantitative estimate of drug-likeness (QED) is 0.632. The molecule has 0 bridgehead atoms. The number of hydrogen-bond donors (Lipinski definition) is 4. The van der Waals surface area contributed by atoms with Crippen molar-refractivity contribution in [3.8, 4) is 5.75 Å². The second kappa shape index (κ2) is 6.72. The predicted octanol–water partition coefficient (Wildman–Crippen LogP) is 0.539. The highest BCUT2D eigenvalue weighted by molar-refractivity contribution is 5.81. The van der Waals surface area contributed by atoms with Gasteiger partial charge < -0.3 is 21.3 Å². The van der Waals surface area contributed by atoms with Crippen LogP contribution >= 0.6 is 0 Å². The van der Waals surface area contributed by atoms with Crippen molar-refractivity contribution < 1.29 is 15.0 Å². The molecule has 2 unspecified atom stereocenters. The number of rotatable bonds is 5. The molecule has 0 radical (unpaired) electrons. The highest BCUT2D eigenvalue weighted by Crippen LogP contribution is 2.24. The van der Waals surface area contributed by atoms with Crippen LogP contribution in [-0.4, -0.2) is 34.8 Å². The molecule has 0 heterocycles. The van der Waals surface area contributed by atoms with Gasteiger partial charge in [-0.1, -0.05) is 12.1 Å². The molecule has 5 N–H and O–H groups in total. The number of hydrogen-bond acceptors (Lipinski definition) is 4. The number of nitrogens with two attached hydrogens (primary N) is 1. The highest BCUT2D eigenvalue weighted by Gasteiger charge is 2.23. The van der Waals surface area contributed by atoms with Crippen LogP contribution in [0.15, 0.2) is 24.3 Å². The van der Waals surface area contributed by atoms with Gasteiger partial charge in [-0.2, -0.15) is 0 Å². The van der Waals surface area contributed by atoms with E-state index < -0.39 is 6.04 Å². The average molecular weight is 278 g/mol. The molecule has 1 aliphatic carbocycles. The SMILES string of the molecule is N[C@H](Cc1ccc(O)cc1)C(=O)NCC1CCC(O)C1. The lowest BCUT2D eigenvalue weighted by atomic mass is 10.0. The maximum Gasteiger partial charge on any atom is 0.237 e. The van der Waals surface area contributed by atoms with Crippen molar-refractivity contribution in [2.75, 3.05) is 6.54 Å². The Kier molecular flexibility index (Phi) is 4.98. The van der Waals surface area contributed by atoms with Crippen molar-refractivity contribution in [3.63, 3.8) is 0 Å². The van der Waals surface area contributed by atoms with Gasteiger partial charge in [0.1, 0.15) is 5.75 Å². The molecule has 0 spiro atoms. The zero-order valence-corrected chi connectivity index (χ0v) is 11.5. The van der Waals surface area contributed by atoms with Gasteiger partial charge in [-0.3, -0.25) is 4.79 Å². The summed E-state index contributed by atoms with van der Waals surface area (Å²) in [4.78, 5) is 11.9. The average Bonchev–Trinajstić information content (AvgIpc) is 2.84.